The molecule has 2 aromatic rings. The van der Waals surface area contributed by atoms with E-state index in [2.05, 4.69) is 50.1 Å². The topological polar surface area (TPSA) is 43.8 Å². The molecule has 0 unspecified atom stereocenters. The molecule has 96 valence electrons. The number of nitrogens with zero attached hydrogens (tertiary/aromatic N) is 2. The van der Waals surface area contributed by atoms with Gasteiger partial charge in [-0.3, -0.25) is 0 Å². The van der Waals surface area contributed by atoms with Gasteiger partial charge in [-0.1, -0.05) is 19.1 Å². The molecule has 0 amide bonds. The van der Waals surface area contributed by atoms with Crippen LogP contribution in [0.4, 0.5) is 0 Å². The molecule has 1 atom stereocenters. The minimum Gasteiger partial charge on any atom is -0.324 e. The first-order chi connectivity index (χ1) is 8.54. The van der Waals surface area contributed by atoms with Crippen LogP contribution in [0.3, 0.4) is 0 Å². The predicted molar refractivity (Wildman–Crippen MR) is 75.0 cm³/mol. The highest BCUT2D eigenvalue weighted by molar-refractivity contribution is 5.38. The zero-order valence-electron chi connectivity index (χ0n) is 11.6. The normalized spacial score (nSPS) is 12.7. The standard InChI is InChI=1S/C15H21N3/c1-5-15(16)13-6-8-14(9-7-13)18-12(4)10(2)11(3)17-18/h6-9,15H,5,16H2,1-4H3/t15-/m1/s1. The fourth-order valence-electron chi connectivity index (χ4n) is 2.07. The molecule has 3 nitrogen and oxygen atoms in total. The van der Waals surface area contributed by atoms with Gasteiger partial charge in [-0.2, -0.15) is 5.10 Å². The number of hydrogen-bond acceptors (Lipinski definition) is 2. The van der Waals surface area contributed by atoms with Gasteiger partial charge in [-0.15, -0.1) is 0 Å². The Labute approximate surface area is 109 Å². The number of hydrogen-bond donors (Lipinski definition) is 1. The van der Waals surface area contributed by atoms with Gasteiger partial charge in [-0.25, -0.2) is 4.68 Å². The van der Waals surface area contributed by atoms with E-state index in [0.717, 1.165) is 17.8 Å². The first kappa shape index (κ1) is 12.8. The molecule has 0 aliphatic heterocycles. The summed E-state index contributed by atoms with van der Waals surface area (Å²) in [7, 11) is 0. The van der Waals surface area contributed by atoms with Crippen molar-refractivity contribution in [1.29, 1.82) is 0 Å². The number of aryl methyl sites for hydroxylation is 1. The SMILES string of the molecule is CC[C@@H](N)c1ccc(-n2nc(C)c(C)c2C)cc1. The maximum atomic E-state index is 6.02. The number of aromatic nitrogens is 2. The van der Waals surface area contributed by atoms with Gasteiger partial charge in [0.1, 0.15) is 0 Å². The Hall–Kier alpha value is -1.61. The molecule has 0 saturated carbocycles. The molecular formula is C15H21N3. The lowest BCUT2D eigenvalue weighted by Crippen LogP contribution is -2.08. The number of nitrogens with two attached hydrogens (primary N) is 1. The molecule has 2 N–H and O–H groups in total. The highest BCUT2D eigenvalue weighted by atomic mass is 15.3. The lowest BCUT2D eigenvalue weighted by molar-refractivity contribution is 0.698. The van der Waals surface area contributed by atoms with E-state index >= 15 is 0 Å². The zero-order valence-corrected chi connectivity index (χ0v) is 11.6. The van der Waals surface area contributed by atoms with Crippen LogP contribution in [-0.4, -0.2) is 9.78 Å². The van der Waals surface area contributed by atoms with E-state index in [1.165, 1.54) is 16.8 Å². The Morgan fingerprint density at radius 2 is 1.78 bits per heavy atom. The summed E-state index contributed by atoms with van der Waals surface area (Å²) >= 11 is 0. The van der Waals surface area contributed by atoms with Crippen molar-refractivity contribution in [2.75, 3.05) is 0 Å². The van der Waals surface area contributed by atoms with Crippen molar-refractivity contribution >= 4 is 0 Å². The maximum absolute atomic E-state index is 6.02. The zero-order chi connectivity index (χ0) is 13.3. The van der Waals surface area contributed by atoms with Gasteiger partial charge < -0.3 is 5.73 Å². The van der Waals surface area contributed by atoms with E-state index < -0.39 is 0 Å². The summed E-state index contributed by atoms with van der Waals surface area (Å²) in [4.78, 5) is 0. The molecule has 0 fully saturated rings. The molecular weight excluding hydrogens is 222 g/mol. The third-order valence-electron chi connectivity index (χ3n) is 3.66. The average Bonchev–Trinajstić information content (AvgIpc) is 2.66. The van der Waals surface area contributed by atoms with Crippen LogP contribution in [0.25, 0.3) is 5.69 Å². The van der Waals surface area contributed by atoms with Crippen LogP contribution >= 0.6 is 0 Å². The molecule has 0 bridgehead atoms. The fourth-order valence-corrected chi connectivity index (χ4v) is 2.07. The third kappa shape index (κ3) is 2.18. The summed E-state index contributed by atoms with van der Waals surface area (Å²) in [6, 6.07) is 8.49. The highest BCUT2D eigenvalue weighted by Gasteiger charge is 2.09. The molecule has 1 aromatic heterocycles. The molecule has 18 heavy (non-hydrogen) atoms. The van der Waals surface area contributed by atoms with Crippen molar-refractivity contribution in [3.63, 3.8) is 0 Å². The van der Waals surface area contributed by atoms with Gasteiger partial charge in [0.2, 0.25) is 0 Å². The summed E-state index contributed by atoms with van der Waals surface area (Å²) in [6.45, 7) is 8.35. The van der Waals surface area contributed by atoms with Crippen LogP contribution in [-0.2, 0) is 0 Å². The molecule has 3 heteroatoms. The molecule has 1 heterocycles. The highest BCUT2D eigenvalue weighted by Crippen LogP contribution is 2.19. The minimum absolute atomic E-state index is 0.126. The molecule has 0 aliphatic carbocycles. The van der Waals surface area contributed by atoms with Crippen LogP contribution in [0, 0.1) is 20.8 Å². The van der Waals surface area contributed by atoms with Gasteiger partial charge in [0.25, 0.3) is 0 Å². The second-order valence-corrected chi connectivity index (χ2v) is 4.81. The lowest BCUT2D eigenvalue weighted by Gasteiger charge is -2.10. The van der Waals surface area contributed by atoms with Crippen molar-refractivity contribution in [3.05, 3.63) is 46.8 Å². The van der Waals surface area contributed by atoms with Crippen molar-refractivity contribution in [1.82, 2.24) is 9.78 Å². The van der Waals surface area contributed by atoms with Crippen LogP contribution in [0.5, 0.6) is 0 Å². The Morgan fingerprint density at radius 1 is 1.17 bits per heavy atom. The molecule has 2 rings (SSSR count). The number of rotatable bonds is 3. The van der Waals surface area contributed by atoms with Crippen LogP contribution in [0.15, 0.2) is 24.3 Å². The molecule has 0 radical (unpaired) electrons. The average molecular weight is 243 g/mol. The Kier molecular flexibility index (Phi) is 3.53. The molecule has 0 aliphatic rings. The van der Waals surface area contributed by atoms with E-state index in [4.69, 9.17) is 5.73 Å². The Bertz CT molecular complexity index is 538. The Morgan fingerprint density at radius 3 is 2.22 bits per heavy atom. The van der Waals surface area contributed by atoms with Crippen molar-refractivity contribution in [3.8, 4) is 5.69 Å². The summed E-state index contributed by atoms with van der Waals surface area (Å²) in [5.74, 6) is 0. The summed E-state index contributed by atoms with van der Waals surface area (Å²) < 4.78 is 1.99. The van der Waals surface area contributed by atoms with Gasteiger partial charge >= 0.3 is 0 Å². The summed E-state index contributed by atoms with van der Waals surface area (Å²) in [5.41, 5.74) is 11.8. The van der Waals surface area contributed by atoms with E-state index in [9.17, 15) is 0 Å². The minimum atomic E-state index is 0.126. The van der Waals surface area contributed by atoms with E-state index in [-0.39, 0.29) is 6.04 Å². The molecule has 1 aromatic carbocycles. The van der Waals surface area contributed by atoms with Crippen molar-refractivity contribution in [2.45, 2.75) is 40.2 Å². The van der Waals surface area contributed by atoms with Crippen LogP contribution in [0.2, 0.25) is 0 Å². The van der Waals surface area contributed by atoms with Gasteiger partial charge in [-0.05, 0) is 50.5 Å². The quantitative estimate of drug-likeness (QED) is 0.899. The first-order valence-corrected chi connectivity index (χ1v) is 6.43. The monoisotopic (exact) mass is 243 g/mol. The summed E-state index contributed by atoms with van der Waals surface area (Å²) in [5, 5.41) is 4.56. The summed E-state index contributed by atoms with van der Waals surface area (Å²) in [6.07, 6.45) is 0.957. The molecule has 0 spiro atoms. The van der Waals surface area contributed by atoms with Crippen LogP contribution in [0.1, 0.15) is 41.9 Å². The second kappa shape index (κ2) is 4.94. The fraction of sp³-hybridized carbons (Fsp3) is 0.400. The molecule has 0 saturated heterocycles. The Balaban J connectivity index is 2.37. The van der Waals surface area contributed by atoms with Crippen molar-refractivity contribution < 1.29 is 0 Å². The van der Waals surface area contributed by atoms with Gasteiger partial charge in [0.15, 0.2) is 0 Å². The number of benzene rings is 1. The van der Waals surface area contributed by atoms with Crippen LogP contribution < -0.4 is 5.73 Å². The van der Waals surface area contributed by atoms with Gasteiger partial charge in [0, 0.05) is 11.7 Å². The first-order valence-electron chi connectivity index (χ1n) is 6.43. The van der Waals surface area contributed by atoms with E-state index in [0.29, 0.717) is 0 Å². The second-order valence-electron chi connectivity index (χ2n) is 4.81. The van der Waals surface area contributed by atoms with Crippen molar-refractivity contribution in [2.24, 2.45) is 5.73 Å². The smallest absolute Gasteiger partial charge is 0.0649 e. The largest absolute Gasteiger partial charge is 0.324 e. The van der Waals surface area contributed by atoms with Gasteiger partial charge in [0.05, 0.1) is 11.4 Å². The van der Waals surface area contributed by atoms with E-state index in [1.54, 1.807) is 0 Å². The third-order valence-corrected chi connectivity index (χ3v) is 3.66. The predicted octanol–water partition coefficient (Wildman–Crippen LogP) is 3.21. The van der Waals surface area contributed by atoms with E-state index in [1.807, 2.05) is 11.6 Å². The lowest BCUT2D eigenvalue weighted by atomic mass is 10.1. The maximum Gasteiger partial charge on any atom is 0.0649 e.